The van der Waals surface area contributed by atoms with Crippen molar-refractivity contribution in [2.45, 2.75) is 32.0 Å². The predicted molar refractivity (Wildman–Crippen MR) is 99.6 cm³/mol. The molecule has 1 aliphatic heterocycles. The van der Waals surface area contributed by atoms with Crippen LogP contribution in [0.5, 0.6) is 0 Å². The van der Waals surface area contributed by atoms with Crippen molar-refractivity contribution in [2.24, 2.45) is 5.16 Å². The molecule has 1 aliphatic rings. The summed E-state index contributed by atoms with van der Waals surface area (Å²) < 4.78 is 5.29. The molecule has 3 rings (SSSR count). The normalized spacial score (nSPS) is 17.5. The minimum absolute atomic E-state index is 0.211. The van der Waals surface area contributed by atoms with Crippen LogP contribution in [0, 0.1) is 0 Å². The van der Waals surface area contributed by atoms with Crippen LogP contribution in [-0.4, -0.2) is 29.5 Å². The molecular formula is C20H20ClNO4. The Morgan fingerprint density at radius 1 is 1.35 bits per heavy atom. The van der Waals surface area contributed by atoms with Gasteiger partial charge in [-0.05, 0) is 30.2 Å². The molecule has 0 amide bonds. The van der Waals surface area contributed by atoms with Crippen molar-refractivity contribution < 1.29 is 19.5 Å². The summed E-state index contributed by atoms with van der Waals surface area (Å²) in [6, 6.07) is 15.2. The van der Waals surface area contributed by atoms with Gasteiger partial charge >= 0.3 is 5.97 Å². The Morgan fingerprint density at radius 2 is 2.15 bits per heavy atom. The van der Waals surface area contributed by atoms with E-state index in [0.29, 0.717) is 24.5 Å². The maximum atomic E-state index is 11.3. The number of carboxylic acid groups (broad SMARTS) is 1. The number of ether oxygens (including phenoxy) is 1. The van der Waals surface area contributed by atoms with E-state index in [0.717, 1.165) is 22.4 Å². The molecule has 5 nitrogen and oxygen atoms in total. The summed E-state index contributed by atoms with van der Waals surface area (Å²) in [6.45, 7) is 2.14. The van der Waals surface area contributed by atoms with E-state index in [2.05, 4.69) is 5.16 Å². The number of oxime groups is 1. The zero-order valence-corrected chi connectivity index (χ0v) is 15.1. The van der Waals surface area contributed by atoms with Gasteiger partial charge in [-0.3, -0.25) is 0 Å². The first-order valence-corrected chi connectivity index (χ1v) is 8.87. The van der Waals surface area contributed by atoms with Crippen LogP contribution in [0.1, 0.15) is 36.1 Å². The molecule has 1 N–H and O–H groups in total. The summed E-state index contributed by atoms with van der Waals surface area (Å²) >= 11 is 6.24. The van der Waals surface area contributed by atoms with Crippen molar-refractivity contribution >= 4 is 23.3 Å². The molecule has 0 saturated carbocycles. The number of benzene rings is 2. The number of rotatable bonds is 7. The molecule has 26 heavy (non-hydrogen) atoms. The van der Waals surface area contributed by atoms with E-state index in [1.165, 1.54) is 0 Å². The lowest BCUT2D eigenvalue weighted by molar-refractivity contribution is -0.149. The third-order valence-electron chi connectivity index (χ3n) is 4.25. The second kappa shape index (κ2) is 8.34. The van der Waals surface area contributed by atoms with Gasteiger partial charge in [0.1, 0.15) is 0 Å². The third kappa shape index (κ3) is 4.23. The minimum Gasteiger partial charge on any atom is -0.479 e. The monoisotopic (exact) mass is 373 g/mol. The van der Waals surface area contributed by atoms with Gasteiger partial charge in [-0.1, -0.05) is 53.2 Å². The fourth-order valence-electron chi connectivity index (χ4n) is 2.96. The quantitative estimate of drug-likeness (QED) is 0.788. The van der Waals surface area contributed by atoms with Crippen LogP contribution in [0.2, 0.25) is 5.02 Å². The van der Waals surface area contributed by atoms with Crippen molar-refractivity contribution in [1.82, 2.24) is 0 Å². The fraction of sp³-hybridized carbons (Fsp3) is 0.300. The van der Waals surface area contributed by atoms with Crippen molar-refractivity contribution in [2.75, 3.05) is 6.61 Å². The summed E-state index contributed by atoms with van der Waals surface area (Å²) in [5.41, 5.74) is 3.52. The van der Waals surface area contributed by atoms with Crippen LogP contribution in [0.25, 0.3) is 0 Å². The lowest BCUT2D eigenvalue weighted by atomic mass is 9.97. The van der Waals surface area contributed by atoms with E-state index in [4.69, 9.17) is 21.2 Å². The first-order chi connectivity index (χ1) is 12.6. The van der Waals surface area contributed by atoms with Crippen LogP contribution in [-0.2, 0) is 20.8 Å². The number of hydrogen-bond donors (Lipinski definition) is 1. The number of carboxylic acids is 1. The van der Waals surface area contributed by atoms with Gasteiger partial charge in [0, 0.05) is 30.0 Å². The third-order valence-corrected chi connectivity index (χ3v) is 4.59. The molecule has 0 aromatic heterocycles. The highest BCUT2D eigenvalue weighted by Gasteiger charge is 2.26. The molecule has 0 radical (unpaired) electrons. The standard InChI is InChI=1S/C20H20ClNO4/c1-2-25-19(20(23)24)11-13-6-5-7-14(10-13)17-12-18(26-22-17)15-8-3-4-9-16(15)21/h3-10,18-19H,2,11-12H2,1H3,(H,23,24). The molecule has 0 aliphatic carbocycles. The largest absolute Gasteiger partial charge is 0.479 e. The molecule has 1 heterocycles. The average molecular weight is 374 g/mol. The number of hydrogen-bond acceptors (Lipinski definition) is 4. The molecule has 2 aromatic rings. The lowest BCUT2D eigenvalue weighted by Gasteiger charge is -2.13. The predicted octanol–water partition coefficient (Wildman–Crippen LogP) is 4.24. The van der Waals surface area contributed by atoms with Crippen molar-refractivity contribution in [3.63, 3.8) is 0 Å². The van der Waals surface area contributed by atoms with E-state index in [-0.39, 0.29) is 6.10 Å². The van der Waals surface area contributed by atoms with E-state index in [1.807, 2.05) is 48.5 Å². The highest BCUT2D eigenvalue weighted by atomic mass is 35.5. The number of nitrogens with zero attached hydrogens (tertiary/aromatic N) is 1. The van der Waals surface area contributed by atoms with Gasteiger partial charge in [0.05, 0.1) is 5.71 Å². The molecule has 2 unspecified atom stereocenters. The van der Waals surface area contributed by atoms with Gasteiger partial charge in [0.25, 0.3) is 0 Å². The highest BCUT2D eigenvalue weighted by molar-refractivity contribution is 6.31. The van der Waals surface area contributed by atoms with E-state index in [9.17, 15) is 9.90 Å². The van der Waals surface area contributed by atoms with E-state index in [1.54, 1.807) is 6.92 Å². The molecule has 0 fully saturated rings. The molecule has 136 valence electrons. The molecule has 0 spiro atoms. The fourth-order valence-corrected chi connectivity index (χ4v) is 3.22. The number of halogens is 1. The van der Waals surface area contributed by atoms with Gasteiger partial charge < -0.3 is 14.7 Å². The molecule has 0 bridgehead atoms. The lowest BCUT2D eigenvalue weighted by Crippen LogP contribution is -2.26. The maximum Gasteiger partial charge on any atom is 0.333 e. The summed E-state index contributed by atoms with van der Waals surface area (Å²) in [6.07, 6.45) is -0.148. The average Bonchev–Trinajstić information content (AvgIpc) is 3.12. The molecule has 6 heteroatoms. The Morgan fingerprint density at radius 3 is 2.88 bits per heavy atom. The Balaban J connectivity index is 1.73. The van der Waals surface area contributed by atoms with Crippen molar-refractivity contribution in [1.29, 1.82) is 0 Å². The van der Waals surface area contributed by atoms with Gasteiger partial charge in [-0.15, -0.1) is 0 Å². The molecule has 2 atom stereocenters. The second-order valence-corrected chi connectivity index (χ2v) is 6.45. The summed E-state index contributed by atoms with van der Waals surface area (Å²) in [5.74, 6) is -0.961. The zero-order chi connectivity index (χ0) is 18.5. The van der Waals surface area contributed by atoms with Gasteiger partial charge in [-0.25, -0.2) is 4.79 Å². The Bertz CT molecular complexity index is 821. The van der Waals surface area contributed by atoms with Crippen LogP contribution in [0.3, 0.4) is 0 Å². The molecule has 2 aromatic carbocycles. The summed E-state index contributed by atoms with van der Waals surface area (Å²) in [5, 5.41) is 14.1. The highest BCUT2D eigenvalue weighted by Crippen LogP contribution is 2.33. The van der Waals surface area contributed by atoms with Gasteiger partial charge in [0.15, 0.2) is 12.2 Å². The van der Waals surface area contributed by atoms with Crippen molar-refractivity contribution in [3.05, 3.63) is 70.2 Å². The Labute approximate surface area is 157 Å². The van der Waals surface area contributed by atoms with Crippen LogP contribution in [0.4, 0.5) is 0 Å². The summed E-state index contributed by atoms with van der Waals surface area (Å²) in [7, 11) is 0. The van der Waals surface area contributed by atoms with Crippen LogP contribution < -0.4 is 0 Å². The smallest absolute Gasteiger partial charge is 0.333 e. The van der Waals surface area contributed by atoms with E-state index >= 15 is 0 Å². The molecular weight excluding hydrogens is 354 g/mol. The zero-order valence-electron chi connectivity index (χ0n) is 14.4. The van der Waals surface area contributed by atoms with Gasteiger partial charge in [0.2, 0.25) is 0 Å². The number of carbonyl (C=O) groups is 1. The van der Waals surface area contributed by atoms with Crippen LogP contribution in [0.15, 0.2) is 53.7 Å². The number of aliphatic carboxylic acids is 1. The first kappa shape index (κ1) is 18.4. The maximum absolute atomic E-state index is 11.3. The second-order valence-electron chi connectivity index (χ2n) is 6.04. The first-order valence-electron chi connectivity index (χ1n) is 8.49. The van der Waals surface area contributed by atoms with Gasteiger partial charge in [-0.2, -0.15) is 0 Å². The van der Waals surface area contributed by atoms with E-state index < -0.39 is 12.1 Å². The minimum atomic E-state index is -0.961. The molecule has 0 saturated heterocycles. The Hall–Kier alpha value is -2.37. The topological polar surface area (TPSA) is 68.1 Å². The Kier molecular flexibility index (Phi) is 5.91. The summed E-state index contributed by atoms with van der Waals surface area (Å²) in [4.78, 5) is 16.9. The van der Waals surface area contributed by atoms with Crippen LogP contribution >= 0.6 is 11.6 Å². The SMILES string of the molecule is CCOC(Cc1cccc(C2=NOC(c3ccccc3Cl)C2)c1)C(=O)O. The van der Waals surface area contributed by atoms with Crippen molar-refractivity contribution in [3.8, 4) is 0 Å².